The number of anilines is 1. The highest BCUT2D eigenvalue weighted by Gasteiger charge is 2.55. The van der Waals surface area contributed by atoms with E-state index in [1.54, 1.807) is 0 Å². The smallest absolute Gasteiger partial charge is 0.255 e. The van der Waals surface area contributed by atoms with Crippen LogP contribution >= 0.6 is 0 Å². The normalized spacial score (nSPS) is 27.7. The summed E-state index contributed by atoms with van der Waals surface area (Å²) in [5, 5.41) is 14.1. The van der Waals surface area contributed by atoms with Crippen LogP contribution < -0.4 is 5.01 Å². The van der Waals surface area contributed by atoms with Crippen molar-refractivity contribution < 1.29 is 14.1 Å². The largest absolute Gasteiger partial charge is 0.391 e. The number of nitrogens with zero attached hydrogens (tertiary/aromatic N) is 3. The lowest BCUT2D eigenvalue weighted by atomic mass is 9.97. The van der Waals surface area contributed by atoms with Crippen molar-refractivity contribution in [2.75, 3.05) is 12.1 Å². The van der Waals surface area contributed by atoms with Crippen LogP contribution in [0.15, 0.2) is 72.8 Å². The molecule has 0 aliphatic carbocycles. The number of fused-ring (bicyclic) bond motifs is 1. The molecular weight excluding hydrogens is 410 g/mol. The topological polar surface area (TPSA) is 64.1 Å². The fourth-order valence-electron chi connectivity index (χ4n) is 4.46. The predicted molar refractivity (Wildman–Crippen MR) is 123 cm³/mol. The molecule has 6 atom stereocenters. The number of benzene rings is 2. The summed E-state index contributed by atoms with van der Waals surface area (Å²) in [5.74, 6) is -0.180. The van der Waals surface area contributed by atoms with Crippen molar-refractivity contribution in [2.45, 2.75) is 49.7 Å². The van der Waals surface area contributed by atoms with Crippen molar-refractivity contribution in [3.8, 4) is 0 Å². The zero-order chi connectivity index (χ0) is 22.1. The summed E-state index contributed by atoms with van der Waals surface area (Å²) >= 11 is 0. The van der Waals surface area contributed by atoms with Gasteiger partial charge in [0.15, 0.2) is 0 Å². The van der Waals surface area contributed by atoms with E-state index in [0.29, 0.717) is 6.42 Å². The molecule has 2 aliphatic rings. The van der Waals surface area contributed by atoms with Crippen LogP contribution in [0.3, 0.4) is 0 Å². The lowest BCUT2D eigenvalue weighted by molar-refractivity contribution is -0.133. The molecule has 1 amide bonds. The molecule has 2 aromatic rings. The maximum absolute atomic E-state index is 13.7. The van der Waals surface area contributed by atoms with Gasteiger partial charge in [-0.2, -0.15) is 5.01 Å². The first-order chi connectivity index (χ1) is 15.0. The Bertz CT molecular complexity index is 969. The molecule has 6 nitrogen and oxygen atoms in total. The van der Waals surface area contributed by atoms with E-state index >= 15 is 0 Å². The molecule has 1 saturated heterocycles. The zero-order valence-corrected chi connectivity index (χ0v) is 18.9. The van der Waals surface area contributed by atoms with E-state index in [-0.39, 0.29) is 18.0 Å². The maximum atomic E-state index is 13.7. The first-order valence-corrected chi connectivity index (χ1v) is 11.8. The Labute approximate surface area is 186 Å². The number of aliphatic hydroxyl groups is 1. The van der Waals surface area contributed by atoms with Crippen molar-refractivity contribution in [1.29, 1.82) is 0 Å². The van der Waals surface area contributed by atoms with E-state index in [0.717, 1.165) is 11.3 Å². The minimum absolute atomic E-state index is 0.180. The molecule has 0 bridgehead atoms. The number of carbonyl (C=O) groups excluding carboxylic acids is 1. The minimum atomic E-state index is -1.51. The first-order valence-electron chi connectivity index (χ1n) is 10.7. The molecule has 1 N–H and O–H groups in total. The van der Waals surface area contributed by atoms with Gasteiger partial charge in [0.1, 0.15) is 17.0 Å². The number of hydrogen-bond acceptors (Lipinski definition) is 5. The summed E-state index contributed by atoms with van der Waals surface area (Å²) in [5.41, 5.74) is 1.85. The number of hydrogen-bond donors (Lipinski definition) is 1. The van der Waals surface area contributed by atoms with E-state index in [9.17, 15) is 14.1 Å². The second-order valence-electron chi connectivity index (χ2n) is 8.03. The third kappa shape index (κ3) is 3.82. The summed E-state index contributed by atoms with van der Waals surface area (Å²) in [6, 6.07) is 18.1. The average Bonchev–Trinajstić information content (AvgIpc) is 3.08. The summed E-state index contributed by atoms with van der Waals surface area (Å²) in [4.78, 5) is 13.7. The fourth-order valence-corrected chi connectivity index (χ4v) is 6.13. The highest BCUT2D eigenvalue weighted by Crippen LogP contribution is 2.38. The third-order valence-electron chi connectivity index (χ3n) is 6.22. The quantitative estimate of drug-likeness (QED) is 0.701. The van der Waals surface area contributed by atoms with Gasteiger partial charge in [0, 0.05) is 7.05 Å². The molecule has 0 spiro atoms. The third-order valence-corrected chi connectivity index (χ3v) is 7.98. The van der Waals surface area contributed by atoms with Crippen LogP contribution in [0.1, 0.15) is 31.9 Å². The van der Waals surface area contributed by atoms with Gasteiger partial charge < -0.3 is 10.1 Å². The van der Waals surface area contributed by atoms with Crippen molar-refractivity contribution in [2.24, 2.45) is 0 Å². The lowest BCUT2D eigenvalue weighted by Gasteiger charge is -2.45. The van der Waals surface area contributed by atoms with E-state index in [2.05, 4.69) is 0 Å². The molecule has 2 aliphatic heterocycles. The van der Waals surface area contributed by atoms with Crippen LogP contribution in [-0.4, -0.2) is 55.0 Å². The lowest BCUT2D eigenvalue weighted by Crippen LogP contribution is -2.62. The van der Waals surface area contributed by atoms with Gasteiger partial charge >= 0.3 is 0 Å². The van der Waals surface area contributed by atoms with Crippen molar-refractivity contribution >= 4 is 22.6 Å². The van der Waals surface area contributed by atoms with Crippen LogP contribution in [-0.2, 0) is 15.8 Å². The highest BCUT2D eigenvalue weighted by molar-refractivity contribution is 7.84. The standard InChI is InChI=1S/C24H29N3O3S/c1-4-21(28)20-15-16-22-23(26(20)25(3)19-13-9-6-10-14-19)24(29)27(31(22)30)17(2)18-11-7-5-8-12-18/h5-17,20-23,28H,4H2,1-3H3/t17-,20+,21+,22+,23-,31?/m1/s1. The molecular formula is C24H29N3O3S. The number of carbonyl (C=O) groups is 1. The summed E-state index contributed by atoms with van der Waals surface area (Å²) in [6.45, 7) is 3.83. The second kappa shape index (κ2) is 8.94. The summed E-state index contributed by atoms with van der Waals surface area (Å²) in [6.07, 6.45) is 3.66. The molecule has 1 fully saturated rings. The molecule has 2 heterocycles. The van der Waals surface area contributed by atoms with Gasteiger partial charge in [-0.1, -0.05) is 67.6 Å². The van der Waals surface area contributed by atoms with Gasteiger partial charge in [-0.05, 0) is 31.0 Å². The van der Waals surface area contributed by atoms with Crippen LogP contribution in [0.5, 0.6) is 0 Å². The van der Waals surface area contributed by atoms with Crippen molar-refractivity contribution in [3.63, 3.8) is 0 Å². The van der Waals surface area contributed by atoms with Crippen molar-refractivity contribution in [3.05, 3.63) is 78.4 Å². The van der Waals surface area contributed by atoms with Crippen LogP contribution in [0.2, 0.25) is 0 Å². The minimum Gasteiger partial charge on any atom is -0.391 e. The van der Waals surface area contributed by atoms with Crippen molar-refractivity contribution in [1.82, 2.24) is 9.31 Å². The molecule has 0 saturated carbocycles. The molecule has 4 rings (SSSR count). The van der Waals surface area contributed by atoms with Gasteiger partial charge in [0.05, 0.1) is 29.1 Å². The zero-order valence-electron chi connectivity index (χ0n) is 18.0. The average molecular weight is 440 g/mol. The number of hydrazine groups is 1. The molecule has 7 heteroatoms. The molecule has 0 aromatic heterocycles. The molecule has 31 heavy (non-hydrogen) atoms. The Balaban J connectivity index is 1.74. The number of para-hydroxylation sites is 1. The van der Waals surface area contributed by atoms with E-state index in [1.807, 2.05) is 104 Å². The van der Waals surface area contributed by atoms with E-state index in [1.165, 1.54) is 4.31 Å². The Morgan fingerprint density at radius 1 is 1.06 bits per heavy atom. The Hall–Kier alpha value is -2.48. The Morgan fingerprint density at radius 2 is 1.68 bits per heavy atom. The van der Waals surface area contributed by atoms with Gasteiger partial charge in [-0.15, -0.1) is 0 Å². The molecule has 2 aromatic carbocycles. The van der Waals surface area contributed by atoms with Gasteiger partial charge in [-0.25, -0.2) is 4.21 Å². The van der Waals surface area contributed by atoms with E-state index in [4.69, 9.17) is 0 Å². The molecule has 0 radical (unpaired) electrons. The van der Waals surface area contributed by atoms with Gasteiger partial charge in [0.2, 0.25) is 0 Å². The molecule has 164 valence electrons. The first kappa shape index (κ1) is 21.7. The van der Waals surface area contributed by atoms with Crippen LogP contribution in [0, 0.1) is 0 Å². The number of aliphatic hydroxyl groups excluding tert-OH is 1. The SMILES string of the molecule is CC[C@H](O)[C@@H]1C=C[C@H]2[C@H](C(=O)N([C@H](C)c3ccccc3)S2=O)N1N(C)c1ccccc1. The Morgan fingerprint density at radius 3 is 2.29 bits per heavy atom. The second-order valence-corrected chi connectivity index (χ2v) is 9.52. The van der Waals surface area contributed by atoms with Crippen LogP contribution in [0.25, 0.3) is 0 Å². The van der Waals surface area contributed by atoms with Gasteiger partial charge in [0.25, 0.3) is 5.91 Å². The van der Waals surface area contributed by atoms with Crippen LogP contribution in [0.4, 0.5) is 5.69 Å². The molecule has 1 unspecified atom stereocenters. The van der Waals surface area contributed by atoms with E-state index < -0.39 is 28.4 Å². The van der Waals surface area contributed by atoms with Gasteiger partial charge in [-0.3, -0.25) is 9.10 Å². The Kier molecular flexibility index (Phi) is 6.27. The number of rotatable bonds is 6. The predicted octanol–water partition coefficient (Wildman–Crippen LogP) is 3.05. The summed E-state index contributed by atoms with van der Waals surface area (Å²) < 4.78 is 15.0. The maximum Gasteiger partial charge on any atom is 0.255 e. The monoisotopic (exact) mass is 439 g/mol. The highest BCUT2D eigenvalue weighted by atomic mass is 32.2. The number of amides is 1. The fraction of sp³-hybridized carbons (Fsp3) is 0.375. The summed E-state index contributed by atoms with van der Waals surface area (Å²) in [7, 11) is 0.375.